The third kappa shape index (κ3) is 6.94. The molecule has 0 aromatic heterocycles. The van der Waals surface area contributed by atoms with Gasteiger partial charge in [-0.1, -0.05) is 0 Å². The molecular formula is C6H9O4-. The fourth-order valence-corrected chi connectivity index (χ4v) is 0.503. The number of aliphatic carboxylic acids is 1. The zero-order valence-corrected chi connectivity index (χ0v) is 5.54. The van der Waals surface area contributed by atoms with Gasteiger partial charge in [0.05, 0.1) is 6.61 Å². The molecule has 4 nitrogen and oxygen atoms in total. The van der Waals surface area contributed by atoms with E-state index in [9.17, 15) is 14.7 Å². The minimum atomic E-state index is -1.06. The molecule has 10 heavy (non-hydrogen) atoms. The van der Waals surface area contributed by atoms with E-state index in [1.807, 2.05) is 0 Å². The van der Waals surface area contributed by atoms with Gasteiger partial charge >= 0.3 is 0 Å². The number of ether oxygens (including phenoxy) is 1. The highest BCUT2D eigenvalue weighted by Crippen LogP contribution is 1.92. The fraction of sp³-hybridized carbons (Fsp3) is 0.667. The molecule has 0 amide bonds. The second-order valence-corrected chi connectivity index (χ2v) is 1.80. The Morgan fingerprint density at radius 3 is 2.70 bits per heavy atom. The van der Waals surface area contributed by atoms with Gasteiger partial charge in [0.1, 0.15) is 0 Å². The highest BCUT2D eigenvalue weighted by atomic mass is 16.5. The Morgan fingerprint density at radius 1 is 1.50 bits per heavy atom. The van der Waals surface area contributed by atoms with E-state index in [0.29, 0.717) is 19.3 Å². The summed E-state index contributed by atoms with van der Waals surface area (Å²) in [6.07, 6.45) is 1.10. The van der Waals surface area contributed by atoms with Gasteiger partial charge in [-0.3, -0.25) is 4.79 Å². The van der Waals surface area contributed by atoms with E-state index >= 15 is 0 Å². The summed E-state index contributed by atoms with van der Waals surface area (Å²) in [6.45, 7) is 0.635. The summed E-state index contributed by atoms with van der Waals surface area (Å²) in [5.74, 6) is -1.06. The van der Waals surface area contributed by atoms with Gasteiger partial charge in [-0.25, -0.2) is 0 Å². The van der Waals surface area contributed by atoms with Crippen LogP contribution < -0.4 is 5.11 Å². The second-order valence-electron chi connectivity index (χ2n) is 1.80. The highest BCUT2D eigenvalue weighted by molar-refractivity contribution is 5.64. The smallest absolute Gasteiger partial charge is 0.293 e. The quantitative estimate of drug-likeness (QED) is 0.358. The van der Waals surface area contributed by atoms with E-state index in [1.54, 1.807) is 0 Å². The van der Waals surface area contributed by atoms with E-state index in [-0.39, 0.29) is 13.0 Å². The van der Waals surface area contributed by atoms with Crippen molar-refractivity contribution < 1.29 is 19.4 Å². The lowest BCUT2D eigenvalue weighted by Crippen LogP contribution is -2.21. The molecule has 0 fully saturated rings. The van der Waals surface area contributed by atoms with Crippen molar-refractivity contribution in [3.05, 3.63) is 0 Å². The largest absolute Gasteiger partial charge is 0.550 e. The topological polar surface area (TPSA) is 66.4 Å². The summed E-state index contributed by atoms with van der Waals surface area (Å²) < 4.78 is 4.32. The number of rotatable bonds is 6. The van der Waals surface area contributed by atoms with Crippen molar-refractivity contribution in [2.75, 3.05) is 6.61 Å². The number of hydrogen-bond donors (Lipinski definition) is 0. The molecule has 0 saturated carbocycles. The van der Waals surface area contributed by atoms with E-state index in [0.717, 1.165) is 0 Å². The monoisotopic (exact) mass is 145 g/mol. The Bertz CT molecular complexity index is 110. The Labute approximate surface area is 58.8 Å². The van der Waals surface area contributed by atoms with Crippen molar-refractivity contribution in [1.82, 2.24) is 0 Å². The third-order valence-electron chi connectivity index (χ3n) is 0.961. The first kappa shape index (κ1) is 8.94. The number of carboxylic acids is 1. The summed E-state index contributed by atoms with van der Waals surface area (Å²) >= 11 is 0. The molecule has 0 unspecified atom stereocenters. The first-order chi connectivity index (χ1) is 4.77. The van der Waals surface area contributed by atoms with Crippen LogP contribution in [0.5, 0.6) is 0 Å². The molecule has 0 heterocycles. The molecule has 0 spiro atoms. The summed E-state index contributed by atoms with van der Waals surface area (Å²) in [5.41, 5.74) is 0. The first-order valence-electron chi connectivity index (χ1n) is 3.02. The predicted molar refractivity (Wildman–Crippen MR) is 30.9 cm³/mol. The average molecular weight is 145 g/mol. The Morgan fingerprint density at radius 2 is 2.20 bits per heavy atom. The Balaban J connectivity index is 2.90. The normalized spacial score (nSPS) is 8.80. The Kier molecular flexibility index (Phi) is 5.42. The van der Waals surface area contributed by atoms with Crippen molar-refractivity contribution in [2.45, 2.75) is 19.3 Å². The molecular weight excluding hydrogens is 136 g/mol. The van der Waals surface area contributed by atoms with Crippen LogP contribution in [0.15, 0.2) is 0 Å². The summed E-state index contributed by atoms with van der Waals surface area (Å²) in [6, 6.07) is 0. The van der Waals surface area contributed by atoms with E-state index in [2.05, 4.69) is 4.74 Å². The summed E-state index contributed by atoms with van der Waals surface area (Å²) in [5, 5.41) is 9.81. The molecule has 0 radical (unpaired) electrons. The molecule has 0 atom stereocenters. The van der Waals surface area contributed by atoms with Crippen molar-refractivity contribution in [3.63, 3.8) is 0 Å². The number of carboxylic acid groups (broad SMARTS) is 1. The molecule has 0 aromatic carbocycles. The maximum absolute atomic E-state index is 9.81. The van der Waals surface area contributed by atoms with Gasteiger partial charge in [-0.05, 0) is 19.3 Å². The lowest BCUT2D eigenvalue weighted by molar-refractivity contribution is -0.305. The van der Waals surface area contributed by atoms with Gasteiger partial charge in [0.2, 0.25) is 0 Å². The van der Waals surface area contributed by atoms with Crippen LogP contribution in [0.3, 0.4) is 0 Å². The lowest BCUT2D eigenvalue weighted by Gasteiger charge is -1.99. The molecule has 4 heteroatoms. The maximum atomic E-state index is 9.81. The number of carbonyl (C=O) groups excluding carboxylic acids is 2. The minimum Gasteiger partial charge on any atom is -0.550 e. The van der Waals surface area contributed by atoms with Gasteiger partial charge in [0.25, 0.3) is 6.47 Å². The SMILES string of the molecule is O=COCCCCC(=O)[O-]. The molecule has 0 saturated heterocycles. The lowest BCUT2D eigenvalue weighted by atomic mass is 10.2. The van der Waals surface area contributed by atoms with Crippen LogP contribution in [0, 0.1) is 0 Å². The second kappa shape index (κ2) is 6.07. The van der Waals surface area contributed by atoms with Crippen LogP contribution in [0.2, 0.25) is 0 Å². The molecule has 0 bridgehead atoms. The zero-order valence-electron chi connectivity index (χ0n) is 5.54. The van der Waals surface area contributed by atoms with Crippen LogP contribution in [0.25, 0.3) is 0 Å². The maximum Gasteiger partial charge on any atom is 0.293 e. The van der Waals surface area contributed by atoms with Gasteiger partial charge < -0.3 is 14.6 Å². The summed E-state index contributed by atoms with van der Waals surface area (Å²) in [4.78, 5) is 19.4. The van der Waals surface area contributed by atoms with Crippen LogP contribution >= 0.6 is 0 Å². The molecule has 0 rings (SSSR count). The zero-order chi connectivity index (χ0) is 7.82. The van der Waals surface area contributed by atoms with Crippen LogP contribution in [0.4, 0.5) is 0 Å². The third-order valence-corrected chi connectivity index (χ3v) is 0.961. The molecule has 0 aliphatic rings. The van der Waals surface area contributed by atoms with Crippen molar-refractivity contribution in [2.24, 2.45) is 0 Å². The minimum absolute atomic E-state index is 0.0300. The van der Waals surface area contributed by atoms with Crippen LogP contribution in [-0.4, -0.2) is 19.0 Å². The van der Waals surface area contributed by atoms with Gasteiger partial charge in [0.15, 0.2) is 0 Å². The molecule has 0 aromatic rings. The molecule has 0 aliphatic carbocycles. The van der Waals surface area contributed by atoms with Crippen molar-refractivity contribution >= 4 is 12.4 Å². The number of hydrogen-bond acceptors (Lipinski definition) is 4. The molecule has 0 aliphatic heterocycles. The predicted octanol–water partition coefficient (Wildman–Crippen LogP) is -0.920. The number of unbranched alkanes of at least 4 members (excludes halogenated alkanes) is 1. The van der Waals surface area contributed by atoms with Crippen molar-refractivity contribution in [3.8, 4) is 0 Å². The van der Waals surface area contributed by atoms with Gasteiger partial charge in [0, 0.05) is 5.97 Å². The van der Waals surface area contributed by atoms with Crippen molar-refractivity contribution in [1.29, 1.82) is 0 Å². The van der Waals surface area contributed by atoms with E-state index < -0.39 is 5.97 Å². The standard InChI is InChI=1S/C6H10O4/c7-5-10-4-2-1-3-6(8)9/h5H,1-4H2,(H,8,9)/p-1. The molecule has 58 valence electrons. The van der Waals surface area contributed by atoms with E-state index in [1.165, 1.54) is 0 Å². The highest BCUT2D eigenvalue weighted by Gasteiger charge is 1.88. The average Bonchev–Trinajstić information content (AvgIpc) is 1.87. The fourth-order valence-electron chi connectivity index (χ4n) is 0.503. The molecule has 0 N–H and O–H groups in total. The van der Waals surface area contributed by atoms with Crippen LogP contribution in [-0.2, 0) is 14.3 Å². The van der Waals surface area contributed by atoms with Gasteiger partial charge in [-0.15, -0.1) is 0 Å². The number of carbonyl (C=O) groups is 2. The summed E-state index contributed by atoms with van der Waals surface area (Å²) in [7, 11) is 0. The Hall–Kier alpha value is -1.06. The first-order valence-corrected chi connectivity index (χ1v) is 3.02. The van der Waals surface area contributed by atoms with Gasteiger partial charge in [-0.2, -0.15) is 0 Å². The van der Waals surface area contributed by atoms with E-state index in [4.69, 9.17) is 0 Å². The van der Waals surface area contributed by atoms with Crippen LogP contribution in [0.1, 0.15) is 19.3 Å².